The highest BCUT2D eigenvalue weighted by molar-refractivity contribution is 4.86. The average molecular weight is 127 g/mol. The molecule has 0 amide bonds. The van der Waals surface area contributed by atoms with Crippen LogP contribution < -0.4 is 0 Å². The van der Waals surface area contributed by atoms with E-state index in [9.17, 15) is 0 Å². The van der Waals surface area contributed by atoms with Gasteiger partial charge in [-0.15, -0.1) is 0 Å². The molecule has 0 saturated carbocycles. The van der Waals surface area contributed by atoms with Crippen molar-refractivity contribution in [1.29, 1.82) is 5.26 Å². The van der Waals surface area contributed by atoms with E-state index in [0.717, 1.165) is 0 Å². The highest BCUT2D eigenvalue weighted by Crippen LogP contribution is 2.12. The van der Waals surface area contributed by atoms with Gasteiger partial charge < -0.3 is 5.11 Å². The Kier molecular flexibility index (Phi) is 3.26. The molecule has 9 heavy (non-hydrogen) atoms. The van der Waals surface area contributed by atoms with Crippen molar-refractivity contribution in [2.24, 2.45) is 11.8 Å². The second-order valence-electron chi connectivity index (χ2n) is 2.68. The number of rotatable bonds is 2. The number of hydrogen-bond acceptors (Lipinski definition) is 2. The zero-order valence-electron chi connectivity index (χ0n) is 6.13. The first-order valence-corrected chi connectivity index (χ1v) is 3.17. The fraction of sp³-hybridized carbons (Fsp3) is 0.857. The molecule has 0 aromatic rings. The van der Waals surface area contributed by atoms with Crippen LogP contribution in [-0.2, 0) is 0 Å². The second-order valence-corrected chi connectivity index (χ2v) is 2.68. The van der Waals surface area contributed by atoms with Crippen molar-refractivity contribution >= 4 is 0 Å². The highest BCUT2D eigenvalue weighted by atomic mass is 16.3. The van der Waals surface area contributed by atoms with Crippen LogP contribution in [0.3, 0.4) is 0 Å². The third kappa shape index (κ3) is 2.48. The van der Waals surface area contributed by atoms with Gasteiger partial charge in [0.15, 0.2) is 0 Å². The van der Waals surface area contributed by atoms with Gasteiger partial charge >= 0.3 is 0 Å². The average Bonchev–Trinajstić information content (AvgIpc) is 1.84. The standard InChI is InChI=1S/C7H13NO/c1-5(2)6(3)7(9)4-8/h5-7,9H,1-3H3. The minimum Gasteiger partial charge on any atom is -0.378 e. The van der Waals surface area contributed by atoms with Gasteiger partial charge in [-0.05, 0) is 11.8 Å². The molecule has 0 aliphatic carbocycles. The molecular formula is C7H13NO. The SMILES string of the molecule is CC(C)C(C)C(O)C#N. The Morgan fingerprint density at radius 2 is 1.78 bits per heavy atom. The minimum atomic E-state index is -0.801. The van der Waals surface area contributed by atoms with Crippen LogP contribution in [0.5, 0.6) is 0 Å². The van der Waals surface area contributed by atoms with Gasteiger partial charge in [0.1, 0.15) is 6.10 Å². The van der Waals surface area contributed by atoms with E-state index in [2.05, 4.69) is 0 Å². The van der Waals surface area contributed by atoms with Crippen LogP contribution in [0.1, 0.15) is 20.8 Å². The van der Waals surface area contributed by atoms with E-state index in [0.29, 0.717) is 5.92 Å². The Morgan fingerprint density at radius 3 is 1.89 bits per heavy atom. The lowest BCUT2D eigenvalue weighted by Gasteiger charge is -2.15. The molecule has 0 aromatic heterocycles. The molecule has 0 fully saturated rings. The molecule has 0 heterocycles. The number of nitrogens with zero attached hydrogens (tertiary/aromatic N) is 1. The summed E-state index contributed by atoms with van der Waals surface area (Å²) in [6.45, 7) is 5.86. The van der Waals surface area contributed by atoms with E-state index in [4.69, 9.17) is 10.4 Å². The summed E-state index contributed by atoms with van der Waals surface area (Å²) >= 11 is 0. The summed E-state index contributed by atoms with van der Waals surface area (Å²) in [5.41, 5.74) is 0. The van der Waals surface area contributed by atoms with E-state index in [1.54, 1.807) is 6.07 Å². The number of aliphatic hydroxyl groups excluding tert-OH is 1. The zero-order valence-corrected chi connectivity index (χ0v) is 6.13. The fourth-order valence-electron chi connectivity index (χ4n) is 0.482. The number of aliphatic hydroxyl groups is 1. The van der Waals surface area contributed by atoms with E-state index in [1.165, 1.54) is 0 Å². The van der Waals surface area contributed by atoms with Gasteiger partial charge in [-0.2, -0.15) is 5.26 Å². The summed E-state index contributed by atoms with van der Waals surface area (Å²) in [5, 5.41) is 17.2. The molecule has 2 atom stereocenters. The lowest BCUT2D eigenvalue weighted by Crippen LogP contribution is -2.19. The molecular weight excluding hydrogens is 114 g/mol. The summed E-state index contributed by atoms with van der Waals surface area (Å²) in [6.07, 6.45) is -0.801. The van der Waals surface area contributed by atoms with Gasteiger partial charge in [-0.3, -0.25) is 0 Å². The summed E-state index contributed by atoms with van der Waals surface area (Å²) < 4.78 is 0. The van der Waals surface area contributed by atoms with E-state index in [-0.39, 0.29) is 5.92 Å². The Morgan fingerprint density at radius 1 is 1.33 bits per heavy atom. The normalized spacial score (nSPS) is 16.9. The van der Waals surface area contributed by atoms with Crippen LogP contribution >= 0.6 is 0 Å². The maximum atomic E-state index is 8.94. The van der Waals surface area contributed by atoms with Crippen LogP contribution in [0.15, 0.2) is 0 Å². The largest absolute Gasteiger partial charge is 0.378 e. The van der Waals surface area contributed by atoms with Crippen molar-refractivity contribution in [2.75, 3.05) is 0 Å². The number of hydrogen-bond donors (Lipinski definition) is 1. The van der Waals surface area contributed by atoms with Gasteiger partial charge in [0, 0.05) is 0 Å². The highest BCUT2D eigenvalue weighted by Gasteiger charge is 2.15. The summed E-state index contributed by atoms with van der Waals surface area (Å²) in [5.74, 6) is 0.453. The Hall–Kier alpha value is -0.550. The van der Waals surface area contributed by atoms with Gasteiger partial charge in [0.05, 0.1) is 6.07 Å². The topological polar surface area (TPSA) is 44.0 Å². The van der Waals surface area contributed by atoms with Gasteiger partial charge in [0.25, 0.3) is 0 Å². The Labute approximate surface area is 56.1 Å². The van der Waals surface area contributed by atoms with Gasteiger partial charge in [-0.1, -0.05) is 20.8 Å². The Bertz CT molecular complexity index is 115. The maximum absolute atomic E-state index is 8.94. The second kappa shape index (κ2) is 3.47. The maximum Gasteiger partial charge on any atom is 0.143 e. The summed E-state index contributed by atoms with van der Waals surface area (Å²) in [7, 11) is 0. The molecule has 2 heteroatoms. The summed E-state index contributed by atoms with van der Waals surface area (Å²) in [4.78, 5) is 0. The third-order valence-electron chi connectivity index (χ3n) is 1.68. The molecule has 2 nitrogen and oxygen atoms in total. The lowest BCUT2D eigenvalue weighted by atomic mass is 9.93. The molecule has 0 saturated heterocycles. The van der Waals surface area contributed by atoms with Gasteiger partial charge in [0.2, 0.25) is 0 Å². The molecule has 0 aliphatic rings. The molecule has 2 unspecified atom stereocenters. The smallest absolute Gasteiger partial charge is 0.143 e. The van der Waals surface area contributed by atoms with E-state index in [1.807, 2.05) is 20.8 Å². The summed E-state index contributed by atoms with van der Waals surface area (Å²) in [6, 6.07) is 1.80. The van der Waals surface area contributed by atoms with Crippen molar-refractivity contribution in [3.8, 4) is 6.07 Å². The minimum absolute atomic E-state index is 0.0787. The molecule has 0 bridgehead atoms. The monoisotopic (exact) mass is 127 g/mol. The van der Waals surface area contributed by atoms with Gasteiger partial charge in [-0.25, -0.2) is 0 Å². The van der Waals surface area contributed by atoms with Crippen LogP contribution in [0, 0.1) is 23.2 Å². The van der Waals surface area contributed by atoms with Crippen LogP contribution in [0.4, 0.5) is 0 Å². The fourth-order valence-corrected chi connectivity index (χ4v) is 0.482. The molecule has 0 radical (unpaired) electrons. The molecule has 0 spiro atoms. The molecule has 0 aromatic carbocycles. The van der Waals surface area contributed by atoms with E-state index < -0.39 is 6.10 Å². The van der Waals surface area contributed by atoms with Crippen molar-refractivity contribution in [1.82, 2.24) is 0 Å². The van der Waals surface area contributed by atoms with Crippen LogP contribution in [-0.4, -0.2) is 11.2 Å². The predicted octanol–water partition coefficient (Wildman–Crippen LogP) is 1.16. The van der Waals surface area contributed by atoms with Crippen molar-refractivity contribution in [3.63, 3.8) is 0 Å². The van der Waals surface area contributed by atoms with Crippen molar-refractivity contribution in [2.45, 2.75) is 26.9 Å². The molecule has 0 aliphatic heterocycles. The van der Waals surface area contributed by atoms with Crippen molar-refractivity contribution < 1.29 is 5.11 Å². The lowest BCUT2D eigenvalue weighted by molar-refractivity contribution is 0.140. The predicted molar refractivity (Wildman–Crippen MR) is 35.6 cm³/mol. The molecule has 1 N–H and O–H groups in total. The van der Waals surface area contributed by atoms with E-state index >= 15 is 0 Å². The van der Waals surface area contributed by atoms with Crippen LogP contribution in [0.25, 0.3) is 0 Å². The quantitative estimate of drug-likeness (QED) is 0.566. The first-order valence-electron chi connectivity index (χ1n) is 3.17. The first kappa shape index (κ1) is 8.45. The first-order chi connectivity index (χ1) is 4.09. The molecule has 52 valence electrons. The zero-order chi connectivity index (χ0) is 7.44. The van der Waals surface area contributed by atoms with Crippen LogP contribution in [0.2, 0.25) is 0 Å². The van der Waals surface area contributed by atoms with Crippen molar-refractivity contribution in [3.05, 3.63) is 0 Å². The third-order valence-corrected chi connectivity index (χ3v) is 1.68. The number of nitriles is 1. The molecule has 0 rings (SSSR count). The Balaban J connectivity index is 3.76.